The minimum atomic E-state index is -4.45. The number of ketones is 1. The molecule has 4 rings (SSSR count). The fourth-order valence-corrected chi connectivity index (χ4v) is 8.39. The van der Waals surface area contributed by atoms with Gasteiger partial charge in [-0.15, -0.1) is 0 Å². The number of sulfonamides is 1. The molecule has 65 heavy (non-hydrogen) atoms. The molecule has 1 aliphatic rings. The van der Waals surface area contributed by atoms with Crippen LogP contribution in [0.15, 0.2) is 78.1 Å². The fraction of sp³-hybridized carbons (Fsp3) is 0.489. The number of rotatable bonds is 23. The lowest BCUT2D eigenvalue weighted by atomic mass is 9.84. The third-order valence-electron chi connectivity index (χ3n) is 11.0. The zero-order valence-corrected chi connectivity index (χ0v) is 37.7. The van der Waals surface area contributed by atoms with Crippen molar-refractivity contribution in [1.82, 2.24) is 41.3 Å². The Balaban J connectivity index is 1.47. The largest absolute Gasteiger partial charge is 0.344 e. The van der Waals surface area contributed by atoms with E-state index in [2.05, 4.69) is 31.2 Å². The summed E-state index contributed by atoms with van der Waals surface area (Å²) in [6.07, 6.45) is 4.13. The Bertz CT molecular complexity index is 2230. The van der Waals surface area contributed by atoms with E-state index in [9.17, 15) is 50.8 Å². The first-order chi connectivity index (χ1) is 30.9. The van der Waals surface area contributed by atoms with E-state index < -0.39 is 101 Å². The monoisotopic (exact) mass is 924 g/mol. The molecule has 1 heterocycles. The van der Waals surface area contributed by atoms with Gasteiger partial charge in [0.15, 0.2) is 0 Å². The van der Waals surface area contributed by atoms with E-state index in [-0.39, 0.29) is 35.3 Å². The molecule has 0 saturated heterocycles. The number of nitrogens with zero attached hydrogens (tertiary/aromatic N) is 2. The number of Topliss-reactive ketones (excluding diaryl/α,β-unsaturated/α-hetero) is 1. The van der Waals surface area contributed by atoms with Crippen LogP contribution < -0.4 is 31.3 Å². The van der Waals surface area contributed by atoms with Gasteiger partial charge < -0.3 is 26.6 Å². The van der Waals surface area contributed by atoms with E-state index >= 15 is 0 Å². The maximum absolute atomic E-state index is 14.1. The van der Waals surface area contributed by atoms with Crippen LogP contribution in [0.1, 0.15) is 96.0 Å². The zero-order chi connectivity index (χ0) is 47.7. The van der Waals surface area contributed by atoms with Crippen molar-refractivity contribution in [2.24, 2.45) is 17.8 Å². The molecule has 0 aliphatic heterocycles. The molecule has 352 valence electrons. The Kier molecular flexibility index (Phi) is 19.6. The SMILES string of the molecule is CCC(C)C(NC(=O)[C@H](CC(C)C)NC(=O)c1cnccn1)C(=O)N[C@@H](CC1CCCCC1)C(=O)N[C@@H](CC(F)F)C(=O)C(=O)NCC(=O)NS(=O)(=O)c1cccc(-c2ccccc2)c1. The molecule has 1 fully saturated rings. The number of halogens is 2. The highest BCUT2D eigenvalue weighted by Crippen LogP contribution is 2.28. The van der Waals surface area contributed by atoms with Crippen LogP contribution in [0.5, 0.6) is 0 Å². The number of carbonyl (C=O) groups excluding carboxylic acids is 7. The van der Waals surface area contributed by atoms with Gasteiger partial charge in [0.2, 0.25) is 29.9 Å². The van der Waals surface area contributed by atoms with Crippen LogP contribution in [0.2, 0.25) is 0 Å². The number of hydrogen-bond acceptors (Lipinski definition) is 11. The highest BCUT2D eigenvalue weighted by molar-refractivity contribution is 7.90. The summed E-state index contributed by atoms with van der Waals surface area (Å²) >= 11 is 0. The molecule has 17 nitrogen and oxygen atoms in total. The summed E-state index contributed by atoms with van der Waals surface area (Å²) in [5.74, 6) is -8.15. The molecule has 2 aromatic carbocycles. The van der Waals surface area contributed by atoms with Gasteiger partial charge in [0.05, 0.1) is 17.6 Å². The van der Waals surface area contributed by atoms with Crippen molar-refractivity contribution < 1.29 is 50.8 Å². The van der Waals surface area contributed by atoms with Crippen molar-refractivity contribution >= 4 is 51.2 Å². The third kappa shape index (κ3) is 16.1. The number of carbonyl (C=O) groups is 7. The molecule has 1 aliphatic carbocycles. The van der Waals surface area contributed by atoms with Crippen LogP contribution in [0, 0.1) is 17.8 Å². The lowest BCUT2D eigenvalue weighted by molar-refractivity contribution is -0.141. The fourth-order valence-electron chi connectivity index (χ4n) is 7.36. The van der Waals surface area contributed by atoms with E-state index in [4.69, 9.17) is 0 Å². The van der Waals surface area contributed by atoms with Crippen LogP contribution in [0.25, 0.3) is 11.1 Å². The predicted molar refractivity (Wildman–Crippen MR) is 235 cm³/mol. The van der Waals surface area contributed by atoms with Gasteiger partial charge in [-0.3, -0.25) is 38.5 Å². The minimum absolute atomic E-state index is 0.0271. The van der Waals surface area contributed by atoms with Gasteiger partial charge in [0.1, 0.15) is 29.9 Å². The molecular formula is C45H58F2N8O9S. The van der Waals surface area contributed by atoms with Gasteiger partial charge in [-0.25, -0.2) is 26.9 Å². The van der Waals surface area contributed by atoms with Gasteiger partial charge in [0.25, 0.3) is 27.7 Å². The van der Waals surface area contributed by atoms with Gasteiger partial charge in [-0.2, -0.15) is 0 Å². The standard InChI is InChI=1S/C45H58F2N8O9S/c1-5-28(4)39(54-42(59)34(21-27(2)3)52-43(60)36-25-48-19-20-49-36)44(61)53-35(22-29-13-8-6-9-14-29)41(58)51-33(24-37(46)47)40(57)45(62)50-26-38(56)55-65(63,64)32-18-12-17-31(23-32)30-15-10-7-11-16-30/h7,10-12,15-20,23,25,27-29,33-35,37,39H,5-6,8-9,13-14,21-22,24,26H2,1-4H3,(H,50,62)(H,51,58)(H,52,60)(H,53,61)(H,54,59)(H,55,56)/t28?,33-,34-,35-,39?/m0/s1. The Morgan fingerprint density at radius 1 is 0.754 bits per heavy atom. The number of aromatic nitrogens is 2. The maximum Gasteiger partial charge on any atom is 0.290 e. The first-order valence-electron chi connectivity index (χ1n) is 21.7. The summed E-state index contributed by atoms with van der Waals surface area (Å²) in [5.41, 5.74) is 1.23. The molecule has 0 bridgehead atoms. The van der Waals surface area contributed by atoms with Crippen LogP contribution in [-0.4, -0.2) is 96.7 Å². The van der Waals surface area contributed by atoms with Crippen molar-refractivity contribution in [3.8, 4) is 11.1 Å². The quantitative estimate of drug-likeness (QED) is 0.0750. The zero-order valence-electron chi connectivity index (χ0n) is 36.9. The van der Waals surface area contributed by atoms with E-state index in [0.717, 1.165) is 19.3 Å². The van der Waals surface area contributed by atoms with Gasteiger partial charge in [-0.05, 0) is 53.9 Å². The molecule has 2 unspecified atom stereocenters. The molecule has 6 amide bonds. The van der Waals surface area contributed by atoms with Crippen LogP contribution >= 0.6 is 0 Å². The summed E-state index contributed by atoms with van der Waals surface area (Å²) in [5, 5.41) is 12.2. The summed E-state index contributed by atoms with van der Waals surface area (Å²) in [6.45, 7) is 6.13. The molecule has 0 spiro atoms. The second-order valence-electron chi connectivity index (χ2n) is 16.6. The van der Waals surface area contributed by atoms with Gasteiger partial charge in [0, 0.05) is 18.8 Å². The smallest absolute Gasteiger partial charge is 0.290 e. The van der Waals surface area contributed by atoms with Crippen molar-refractivity contribution in [1.29, 1.82) is 0 Å². The lowest BCUT2D eigenvalue weighted by Gasteiger charge is -2.31. The normalized spacial score (nSPS) is 15.4. The topological polar surface area (TPSA) is 252 Å². The van der Waals surface area contributed by atoms with Crippen LogP contribution in [0.4, 0.5) is 8.78 Å². The number of alkyl halides is 2. The highest BCUT2D eigenvalue weighted by atomic mass is 32.2. The summed E-state index contributed by atoms with van der Waals surface area (Å²) in [7, 11) is -4.45. The highest BCUT2D eigenvalue weighted by Gasteiger charge is 2.37. The average Bonchev–Trinajstić information content (AvgIpc) is 3.29. The van der Waals surface area contributed by atoms with Gasteiger partial charge >= 0.3 is 0 Å². The molecule has 3 aromatic rings. The number of hydrogen-bond donors (Lipinski definition) is 6. The van der Waals surface area contributed by atoms with Crippen molar-refractivity contribution in [3.05, 3.63) is 78.9 Å². The van der Waals surface area contributed by atoms with E-state index in [1.165, 1.54) is 36.8 Å². The Morgan fingerprint density at radius 3 is 2.05 bits per heavy atom. The summed E-state index contributed by atoms with van der Waals surface area (Å²) in [6, 6.07) is 8.74. The lowest BCUT2D eigenvalue weighted by Crippen LogP contribution is -2.60. The minimum Gasteiger partial charge on any atom is -0.344 e. The van der Waals surface area contributed by atoms with Crippen molar-refractivity contribution in [2.75, 3.05) is 6.54 Å². The first kappa shape index (κ1) is 51.5. The van der Waals surface area contributed by atoms with Crippen LogP contribution in [-0.2, 0) is 38.8 Å². The molecule has 1 aromatic heterocycles. The van der Waals surface area contributed by atoms with E-state index in [1.807, 2.05) is 19.2 Å². The first-order valence-corrected chi connectivity index (χ1v) is 23.2. The number of benzene rings is 2. The van der Waals surface area contributed by atoms with Crippen LogP contribution in [0.3, 0.4) is 0 Å². The Morgan fingerprint density at radius 2 is 1.42 bits per heavy atom. The van der Waals surface area contributed by atoms with E-state index in [0.29, 0.717) is 30.4 Å². The van der Waals surface area contributed by atoms with Crippen molar-refractivity contribution in [3.63, 3.8) is 0 Å². The second-order valence-corrected chi connectivity index (χ2v) is 18.3. The Labute approximate surface area is 377 Å². The Hall–Kier alpha value is -6.18. The predicted octanol–water partition coefficient (Wildman–Crippen LogP) is 3.60. The molecule has 5 atom stereocenters. The maximum atomic E-state index is 14.1. The number of nitrogens with one attached hydrogen (secondary N) is 6. The molecule has 0 radical (unpaired) electrons. The summed E-state index contributed by atoms with van der Waals surface area (Å²) < 4.78 is 55.7. The third-order valence-corrected chi connectivity index (χ3v) is 12.4. The van der Waals surface area contributed by atoms with Gasteiger partial charge in [-0.1, -0.05) is 109 Å². The molecule has 6 N–H and O–H groups in total. The van der Waals surface area contributed by atoms with E-state index in [1.54, 1.807) is 55.0 Å². The number of amides is 6. The average molecular weight is 925 g/mol. The molecule has 1 saturated carbocycles. The summed E-state index contributed by atoms with van der Waals surface area (Å²) in [4.78, 5) is 101. The molecule has 20 heteroatoms. The second kappa shape index (κ2) is 24.8. The molecular weight excluding hydrogens is 867 g/mol. The van der Waals surface area contributed by atoms with Crippen molar-refractivity contribution in [2.45, 2.75) is 121 Å².